The lowest BCUT2D eigenvalue weighted by Crippen LogP contribution is -2.16. The molecule has 1 unspecified atom stereocenters. The summed E-state index contributed by atoms with van der Waals surface area (Å²) in [6.45, 7) is 6.22. The Bertz CT molecular complexity index is 529. The largest absolute Gasteiger partial charge is 0.322 e. The van der Waals surface area contributed by atoms with Crippen molar-refractivity contribution in [3.8, 4) is 0 Å². The number of nitrogens with two attached hydrogens (primary N) is 1. The summed E-state index contributed by atoms with van der Waals surface area (Å²) in [6, 6.07) is 10.6. The Kier molecular flexibility index (Phi) is 3.78. The third-order valence-electron chi connectivity index (χ3n) is 3.18. The highest BCUT2D eigenvalue weighted by Crippen LogP contribution is 2.18. The van der Waals surface area contributed by atoms with E-state index in [1.807, 2.05) is 6.20 Å². The molecule has 0 aliphatic rings. The molecule has 2 aromatic rings. The van der Waals surface area contributed by atoms with Gasteiger partial charge in [0.05, 0.1) is 11.7 Å². The van der Waals surface area contributed by atoms with Gasteiger partial charge in [-0.05, 0) is 43.9 Å². The van der Waals surface area contributed by atoms with E-state index in [1.165, 1.54) is 22.3 Å². The van der Waals surface area contributed by atoms with Crippen molar-refractivity contribution >= 4 is 0 Å². The quantitative estimate of drug-likeness (QED) is 0.894. The molecule has 1 atom stereocenters. The zero-order valence-electron chi connectivity index (χ0n) is 11.3. The molecule has 1 aromatic heterocycles. The molecule has 2 rings (SSSR count). The Morgan fingerprint density at radius 1 is 1.06 bits per heavy atom. The summed E-state index contributed by atoms with van der Waals surface area (Å²) in [5, 5.41) is 0. The minimum atomic E-state index is -0.0340. The molecule has 0 aliphatic carbocycles. The Morgan fingerprint density at radius 3 is 2.33 bits per heavy atom. The Hall–Kier alpha value is -1.67. The number of aromatic nitrogens is 1. The molecule has 0 saturated carbocycles. The smallest absolute Gasteiger partial charge is 0.0603 e. The highest BCUT2D eigenvalue weighted by molar-refractivity contribution is 5.28. The molecule has 0 saturated heterocycles. The van der Waals surface area contributed by atoms with Crippen LogP contribution in [0.2, 0.25) is 0 Å². The molecule has 2 heteroatoms. The van der Waals surface area contributed by atoms with E-state index in [1.54, 1.807) is 0 Å². The predicted molar refractivity (Wildman–Crippen MR) is 75.5 cm³/mol. The van der Waals surface area contributed by atoms with Gasteiger partial charge in [-0.3, -0.25) is 4.98 Å². The second-order valence-electron chi connectivity index (χ2n) is 5.01. The Labute approximate surface area is 109 Å². The molecule has 0 aliphatic heterocycles. The Morgan fingerprint density at radius 2 is 1.72 bits per heavy atom. The van der Waals surface area contributed by atoms with E-state index in [9.17, 15) is 0 Å². The maximum atomic E-state index is 6.25. The maximum absolute atomic E-state index is 6.25. The first-order valence-electron chi connectivity index (χ1n) is 6.30. The van der Waals surface area contributed by atoms with Crippen molar-refractivity contribution in [2.45, 2.75) is 33.2 Å². The van der Waals surface area contributed by atoms with E-state index in [4.69, 9.17) is 5.73 Å². The molecule has 0 radical (unpaired) electrons. The number of pyridine rings is 1. The monoisotopic (exact) mass is 240 g/mol. The van der Waals surface area contributed by atoms with Crippen molar-refractivity contribution in [1.82, 2.24) is 4.98 Å². The van der Waals surface area contributed by atoms with Gasteiger partial charge in [0.2, 0.25) is 0 Å². The summed E-state index contributed by atoms with van der Waals surface area (Å²) >= 11 is 0. The fourth-order valence-corrected chi connectivity index (χ4v) is 2.19. The standard InChI is InChI=1S/C16H20N2/c1-11-4-6-14(7-5-11)9-15(17)16-13(3)8-12(2)10-18-16/h4-8,10,15H,9,17H2,1-3H3. The summed E-state index contributed by atoms with van der Waals surface area (Å²) in [4.78, 5) is 4.47. The van der Waals surface area contributed by atoms with Crippen molar-refractivity contribution in [3.63, 3.8) is 0 Å². The topological polar surface area (TPSA) is 38.9 Å². The van der Waals surface area contributed by atoms with E-state index in [0.29, 0.717) is 0 Å². The van der Waals surface area contributed by atoms with Gasteiger partial charge in [-0.2, -0.15) is 0 Å². The van der Waals surface area contributed by atoms with Crippen LogP contribution >= 0.6 is 0 Å². The molecule has 1 aromatic carbocycles. The van der Waals surface area contributed by atoms with E-state index >= 15 is 0 Å². The summed E-state index contributed by atoms with van der Waals surface area (Å²) in [7, 11) is 0. The van der Waals surface area contributed by atoms with E-state index in [2.05, 4.69) is 56.1 Å². The molecule has 0 amide bonds. The second kappa shape index (κ2) is 5.32. The zero-order chi connectivity index (χ0) is 13.1. The normalized spacial score (nSPS) is 12.4. The molecule has 1 heterocycles. The van der Waals surface area contributed by atoms with Gasteiger partial charge in [0.1, 0.15) is 0 Å². The fraction of sp³-hybridized carbons (Fsp3) is 0.312. The van der Waals surface area contributed by atoms with Crippen LogP contribution in [0.5, 0.6) is 0 Å². The molecule has 2 N–H and O–H groups in total. The number of benzene rings is 1. The minimum absolute atomic E-state index is 0.0340. The average Bonchev–Trinajstić information content (AvgIpc) is 2.32. The van der Waals surface area contributed by atoms with Gasteiger partial charge in [-0.15, -0.1) is 0 Å². The van der Waals surface area contributed by atoms with Gasteiger partial charge in [-0.1, -0.05) is 35.9 Å². The second-order valence-corrected chi connectivity index (χ2v) is 5.01. The molecule has 94 valence electrons. The lowest BCUT2D eigenvalue weighted by Gasteiger charge is -2.14. The van der Waals surface area contributed by atoms with E-state index in [0.717, 1.165) is 12.1 Å². The average molecular weight is 240 g/mol. The first-order valence-corrected chi connectivity index (χ1v) is 6.30. The summed E-state index contributed by atoms with van der Waals surface area (Å²) in [5.74, 6) is 0. The van der Waals surface area contributed by atoms with E-state index in [-0.39, 0.29) is 6.04 Å². The number of hydrogen-bond donors (Lipinski definition) is 1. The molecule has 0 fully saturated rings. The summed E-state index contributed by atoms with van der Waals surface area (Å²) < 4.78 is 0. The van der Waals surface area contributed by atoms with Crippen LogP contribution in [0.25, 0.3) is 0 Å². The highest BCUT2D eigenvalue weighted by atomic mass is 14.8. The van der Waals surface area contributed by atoms with Gasteiger partial charge in [0.15, 0.2) is 0 Å². The third kappa shape index (κ3) is 2.96. The number of rotatable bonds is 3. The van der Waals surface area contributed by atoms with Crippen molar-refractivity contribution in [2.75, 3.05) is 0 Å². The van der Waals surface area contributed by atoms with Crippen LogP contribution in [0.1, 0.15) is 34.0 Å². The van der Waals surface area contributed by atoms with Crippen LogP contribution < -0.4 is 5.73 Å². The molecular formula is C16H20N2. The third-order valence-corrected chi connectivity index (χ3v) is 3.18. The predicted octanol–water partition coefficient (Wildman–Crippen LogP) is 3.25. The van der Waals surface area contributed by atoms with Gasteiger partial charge >= 0.3 is 0 Å². The first kappa shape index (κ1) is 12.8. The maximum Gasteiger partial charge on any atom is 0.0603 e. The molecule has 0 spiro atoms. The first-order chi connectivity index (χ1) is 8.56. The van der Waals surface area contributed by atoms with Crippen molar-refractivity contribution in [2.24, 2.45) is 5.73 Å². The molecule has 0 bridgehead atoms. The minimum Gasteiger partial charge on any atom is -0.322 e. The van der Waals surface area contributed by atoms with Gasteiger partial charge in [0.25, 0.3) is 0 Å². The summed E-state index contributed by atoms with van der Waals surface area (Å²) in [5.41, 5.74) is 12.1. The fourth-order valence-electron chi connectivity index (χ4n) is 2.19. The van der Waals surface area contributed by atoms with Crippen LogP contribution in [0.4, 0.5) is 0 Å². The van der Waals surface area contributed by atoms with Crippen molar-refractivity contribution in [1.29, 1.82) is 0 Å². The van der Waals surface area contributed by atoms with Crippen LogP contribution in [0.15, 0.2) is 36.5 Å². The Balaban J connectivity index is 2.16. The van der Waals surface area contributed by atoms with Gasteiger partial charge < -0.3 is 5.73 Å². The van der Waals surface area contributed by atoms with Gasteiger partial charge in [-0.25, -0.2) is 0 Å². The highest BCUT2D eigenvalue weighted by Gasteiger charge is 2.11. The van der Waals surface area contributed by atoms with Crippen molar-refractivity contribution < 1.29 is 0 Å². The number of aryl methyl sites for hydroxylation is 3. The van der Waals surface area contributed by atoms with Crippen LogP contribution in [-0.2, 0) is 6.42 Å². The van der Waals surface area contributed by atoms with Crippen molar-refractivity contribution in [3.05, 3.63) is 64.5 Å². The van der Waals surface area contributed by atoms with E-state index < -0.39 is 0 Å². The lowest BCUT2D eigenvalue weighted by atomic mass is 9.99. The summed E-state index contributed by atoms with van der Waals surface area (Å²) in [6.07, 6.45) is 2.72. The number of nitrogens with zero attached hydrogens (tertiary/aromatic N) is 1. The lowest BCUT2D eigenvalue weighted by molar-refractivity contribution is 0.689. The molecule has 2 nitrogen and oxygen atoms in total. The molecule has 18 heavy (non-hydrogen) atoms. The SMILES string of the molecule is Cc1ccc(CC(N)c2ncc(C)cc2C)cc1. The zero-order valence-corrected chi connectivity index (χ0v) is 11.3. The van der Waals surface area contributed by atoms with Gasteiger partial charge in [0, 0.05) is 6.20 Å². The van der Waals surface area contributed by atoms with Crippen LogP contribution in [0.3, 0.4) is 0 Å². The van der Waals surface area contributed by atoms with Crippen LogP contribution in [-0.4, -0.2) is 4.98 Å². The number of hydrogen-bond acceptors (Lipinski definition) is 2. The van der Waals surface area contributed by atoms with Crippen LogP contribution in [0, 0.1) is 20.8 Å². The molecular weight excluding hydrogens is 220 g/mol.